The van der Waals surface area contributed by atoms with Gasteiger partial charge in [-0.1, -0.05) is 0 Å². The Morgan fingerprint density at radius 3 is 2.00 bits per heavy atom. The van der Waals surface area contributed by atoms with Gasteiger partial charge in [0.1, 0.15) is 42.7 Å². The molecule has 2 aliphatic heterocycles. The number of aliphatic hydroxyl groups is 7. The van der Waals surface area contributed by atoms with E-state index in [2.05, 4.69) is 12.6 Å². The minimum absolute atomic E-state index is 0.0271. The molecule has 2 heterocycles. The molecule has 2 aliphatic rings. The van der Waals surface area contributed by atoms with Crippen molar-refractivity contribution in [3.05, 3.63) is 0 Å². The summed E-state index contributed by atoms with van der Waals surface area (Å²) in [6.07, 6.45) is -14.6. The van der Waals surface area contributed by atoms with Gasteiger partial charge in [0, 0.05) is 5.75 Å². The molecule has 0 bridgehead atoms. The lowest BCUT2D eigenvalue weighted by Gasteiger charge is -2.45. The third kappa shape index (κ3) is 3.80. The van der Waals surface area contributed by atoms with Crippen molar-refractivity contribution >= 4 is 12.6 Å². The van der Waals surface area contributed by atoms with Crippen LogP contribution in [-0.4, -0.2) is 110 Å². The smallest absolute Gasteiger partial charge is 0.187 e. The van der Waals surface area contributed by atoms with Crippen LogP contribution < -0.4 is 0 Å². The van der Waals surface area contributed by atoms with Gasteiger partial charge in [-0.25, -0.2) is 0 Å². The molecule has 2 rings (SSSR count). The predicted molar refractivity (Wildman–Crippen MR) is 75.4 cm³/mol. The second kappa shape index (κ2) is 7.89. The lowest BCUT2D eigenvalue weighted by molar-refractivity contribution is -0.351. The van der Waals surface area contributed by atoms with Crippen molar-refractivity contribution < 1.29 is 50.0 Å². The molecule has 0 radical (unpaired) electrons. The molecular weight excluding hydrogens is 336 g/mol. The molecule has 2 fully saturated rings. The molecule has 0 saturated carbocycles. The highest BCUT2D eigenvalue weighted by Crippen LogP contribution is 2.28. The van der Waals surface area contributed by atoms with Crippen LogP contribution in [0.25, 0.3) is 0 Å². The van der Waals surface area contributed by atoms with Crippen molar-refractivity contribution in [3.63, 3.8) is 0 Å². The largest absolute Gasteiger partial charge is 0.394 e. The Morgan fingerprint density at radius 1 is 0.783 bits per heavy atom. The first-order valence-electron chi connectivity index (χ1n) is 7.08. The van der Waals surface area contributed by atoms with Crippen LogP contribution >= 0.6 is 12.6 Å². The first-order valence-corrected chi connectivity index (χ1v) is 7.71. The Balaban J connectivity index is 2.11. The van der Waals surface area contributed by atoms with Crippen molar-refractivity contribution in [1.29, 1.82) is 0 Å². The summed E-state index contributed by atoms with van der Waals surface area (Å²) in [6.45, 7) is -0.643. The van der Waals surface area contributed by atoms with Crippen molar-refractivity contribution in [2.45, 2.75) is 61.4 Å². The standard InChI is InChI=1S/C12H22O10S/c13-1-3-10(7(16)8(17)11(19)20-3)22-12-9(18)6(15)5(14)4(2-23)21-12/h3-19,23H,1-2H2/t3?,4?,5-,6?,7+,8?,9-,10+,11-,12-/m0/s1. The number of hydrogen-bond donors (Lipinski definition) is 8. The van der Waals surface area contributed by atoms with Gasteiger partial charge in [-0.3, -0.25) is 0 Å². The molecule has 10 nitrogen and oxygen atoms in total. The summed E-state index contributed by atoms with van der Waals surface area (Å²) < 4.78 is 15.5. The Bertz CT molecular complexity index is 383. The lowest BCUT2D eigenvalue weighted by atomic mass is 9.97. The van der Waals surface area contributed by atoms with Crippen molar-refractivity contribution in [2.75, 3.05) is 12.4 Å². The highest BCUT2D eigenvalue weighted by molar-refractivity contribution is 7.80. The van der Waals surface area contributed by atoms with Gasteiger partial charge < -0.3 is 50.0 Å². The van der Waals surface area contributed by atoms with Crippen LogP contribution in [0.4, 0.5) is 0 Å². The van der Waals surface area contributed by atoms with Gasteiger partial charge in [-0.05, 0) is 0 Å². The number of thiol groups is 1. The van der Waals surface area contributed by atoms with Gasteiger partial charge in [-0.2, -0.15) is 12.6 Å². The van der Waals surface area contributed by atoms with E-state index in [4.69, 9.17) is 14.2 Å². The second-order valence-electron chi connectivity index (χ2n) is 5.53. The quantitative estimate of drug-likeness (QED) is 0.229. The van der Waals surface area contributed by atoms with Gasteiger partial charge in [0.15, 0.2) is 12.6 Å². The van der Waals surface area contributed by atoms with Gasteiger partial charge in [0.05, 0.1) is 12.7 Å². The number of rotatable bonds is 4. The highest BCUT2D eigenvalue weighted by Gasteiger charge is 2.49. The van der Waals surface area contributed by atoms with Crippen LogP contribution in [0, 0.1) is 0 Å². The van der Waals surface area contributed by atoms with Crippen molar-refractivity contribution in [2.24, 2.45) is 0 Å². The molecule has 0 aromatic carbocycles. The fourth-order valence-electron chi connectivity index (χ4n) is 2.57. The zero-order chi connectivity index (χ0) is 17.3. The van der Waals surface area contributed by atoms with E-state index >= 15 is 0 Å². The fraction of sp³-hybridized carbons (Fsp3) is 1.00. The molecule has 2 saturated heterocycles. The Labute approximate surface area is 137 Å². The predicted octanol–water partition coefficient (Wildman–Crippen LogP) is -4.46. The maximum atomic E-state index is 9.98. The SMILES string of the molecule is OCC1O[C@H](O)C(O)[C@@H](O)[C@@H]1O[C@@H]1OC(CS)[C@H](O)C(O)[C@@H]1O. The van der Waals surface area contributed by atoms with E-state index in [0.29, 0.717) is 0 Å². The van der Waals surface area contributed by atoms with Gasteiger partial charge in [-0.15, -0.1) is 0 Å². The third-order valence-electron chi connectivity index (χ3n) is 3.98. The summed E-state index contributed by atoms with van der Waals surface area (Å²) in [5.74, 6) is 0.0271. The van der Waals surface area contributed by atoms with Crippen LogP contribution in [0.3, 0.4) is 0 Å². The van der Waals surface area contributed by atoms with E-state index in [1.165, 1.54) is 0 Å². The molecule has 0 amide bonds. The van der Waals surface area contributed by atoms with Gasteiger partial charge in [0.2, 0.25) is 0 Å². The van der Waals surface area contributed by atoms with E-state index in [1.54, 1.807) is 0 Å². The summed E-state index contributed by atoms with van der Waals surface area (Å²) in [7, 11) is 0. The minimum Gasteiger partial charge on any atom is -0.394 e. The van der Waals surface area contributed by atoms with E-state index in [9.17, 15) is 35.7 Å². The van der Waals surface area contributed by atoms with Crippen LogP contribution in [0.2, 0.25) is 0 Å². The third-order valence-corrected chi connectivity index (χ3v) is 4.34. The average molecular weight is 358 g/mol. The minimum atomic E-state index is -1.71. The van der Waals surface area contributed by atoms with Crippen LogP contribution in [-0.2, 0) is 14.2 Å². The molecule has 136 valence electrons. The summed E-state index contributed by atoms with van der Waals surface area (Å²) in [6, 6.07) is 0. The summed E-state index contributed by atoms with van der Waals surface area (Å²) in [5.41, 5.74) is 0. The number of aliphatic hydroxyl groups excluding tert-OH is 7. The normalized spacial score (nSPS) is 51.7. The first kappa shape index (κ1) is 19.3. The molecule has 0 aliphatic carbocycles. The average Bonchev–Trinajstić information content (AvgIpc) is 2.55. The molecule has 0 aromatic rings. The fourth-order valence-corrected chi connectivity index (χ4v) is 2.87. The Hall–Kier alpha value is -0.0500. The second-order valence-corrected chi connectivity index (χ2v) is 5.89. The highest BCUT2D eigenvalue weighted by atomic mass is 32.1. The molecule has 10 atom stereocenters. The first-order chi connectivity index (χ1) is 10.8. The molecule has 0 aromatic heterocycles. The maximum absolute atomic E-state index is 9.98. The zero-order valence-corrected chi connectivity index (χ0v) is 12.9. The van der Waals surface area contributed by atoms with E-state index in [1.807, 2.05) is 0 Å². The molecule has 11 heteroatoms. The zero-order valence-electron chi connectivity index (χ0n) is 12.0. The molecule has 0 spiro atoms. The van der Waals surface area contributed by atoms with E-state index < -0.39 is 68.0 Å². The molecular formula is C12H22O10S. The van der Waals surface area contributed by atoms with Gasteiger partial charge >= 0.3 is 0 Å². The van der Waals surface area contributed by atoms with Crippen molar-refractivity contribution in [3.8, 4) is 0 Å². The molecule has 4 unspecified atom stereocenters. The number of hydrogen-bond acceptors (Lipinski definition) is 11. The number of ether oxygens (including phenoxy) is 3. The summed E-state index contributed by atoms with van der Waals surface area (Å²) >= 11 is 3.96. The topological polar surface area (TPSA) is 169 Å². The summed E-state index contributed by atoms with van der Waals surface area (Å²) in [4.78, 5) is 0. The maximum Gasteiger partial charge on any atom is 0.187 e. The Morgan fingerprint density at radius 2 is 1.43 bits per heavy atom. The van der Waals surface area contributed by atoms with Crippen LogP contribution in [0.1, 0.15) is 0 Å². The molecule has 7 N–H and O–H groups in total. The van der Waals surface area contributed by atoms with Gasteiger partial charge in [0.25, 0.3) is 0 Å². The molecule has 23 heavy (non-hydrogen) atoms. The lowest BCUT2D eigenvalue weighted by Crippen LogP contribution is -2.64. The van der Waals surface area contributed by atoms with Crippen molar-refractivity contribution in [1.82, 2.24) is 0 Å². The van der Waals surface area contributed by atoms with E-state index in [-0.39, 0.29) is 5.75 Å². The Kier molecular flexibility index (Phi) is 6.61. The summed E-state index contributed by atoms with van der Waals surface area (Å²) in [5, 5.41) is 67.7. The monoisotopic (exact) mass is 358 g/mol. The van der Waals surface area contributed by atoms with Crippen LogP contribution in [0.15, 0.2) is 0 Å². The van der Waals surface area contributed by atoms with Crippen LogP contribution in [0.5, 0.6) is 0 Å². The van der Waals surface area contributed by atoms with E-state index in [0.717, 1.165) is 0 Å².